The van der Waals surface area contributed by atoms with Crippen molar-refractivity contribution in [2.45, 2.75) is 327 Å². The lowest BCUT2D eigenvalue weighted by Gasteiger charge is -2.26. The van der Waals surface area contributed by atoms with Crippen LogP contribution in [0.15, 0.2) is 24.3 Å². The first-order chi connectivity index (χ1) is 30.6. The zero-order valence-corrected chi connectivity index (χ0v) is 42.0. The number of hydrogen-bond donors (Lipinski definition) is 4. The number of unbranched alkanes of at least 4 members (excludes halogenated alkanes) is 40. The fourth-order valence-electron chi connectivity index (χ4n) is 8.93. The van der Waals surface area contributed by atoms with Gasteiger partial charge in [-0.15, -0.1) is 0 Å². The van der Waals surface area contributed by atoms with Gasteiger partial charge in [0, 0.05) is 6.42 Å². The van der Waals surface area contributed by atoms with Crippen LogP contribution < -0.4 is 5.32 Å². The Kier molecular flexibility index (Phi) is 51.5. The standard InChI is InChI=1S/C57H111NO4/c1-3-5-7-9-11-13-15-16-17-18-19-20-21-22-23-24-25-26-27-28-29-30-31-32-33-34-35-36-37-38-39-40-42-44-46-48-50-52-56(61)58-54(53-59)57(62)55(60)51-49-47-45-43-41-14-12-10-8-6-4-2/h10,12,43,45,54-55,57,59-60,62H,3-9,11,13-42,44,46-53H2,1-2H3,(H,58,61)/b12-10+,45-43+. The third-order valence-corrected chi connectivity index (χ3v) is 13.3. The molecule has 3 atom stereocenters. The molecule has 0 aliphatic carbocycles. The summed E-state index contributed by atoms with van der Waals surface area (Å²) in [5, 5.41) is 33.5. The molecule has 5 heteroatoms. The molecule has 0 spiro atoms. The van der Waals surface area contributed by atoms with Crippen molar-refractivity contribution in [1.29, 1.82) is 0 Å². The summed E-state index contributed by atoms with van der Waals surface area (Å²) in [6, 6.07) is -0.828. The lowest BCUT2D eigenvalue weighted by atomic mass is 10.0. The summed E-state index contributed by atoms with van der Waals surface area (Å²) in [4.78, 5) is 12.5. The first-order valence-corrected chi connectivity index (χ1v) is 28.1. The Hall–Kier alpha value is -1.17. The lowest BCUT2D eigenvalue weighted by Crippen LogP contribution is -2.50. The summed E-state index contributed by atoms with van der Waals surface area (Å²) in [5.41, 5.74) is 0. The van der Waals surface area contributed by atoms with Gasteiger partial charge in [0.2, 0.25) is 5.91 Å². The minimum absolute atomic E-state index is 0.154. The van der Waals surface area contributed by atoms with E-state index >= 15 is 0 Å². The van der Waals surface area contributed by atoms with Crippen molar-refractivity contribution < 1.29 is 20.1 Å². The van der Waals surface area contributed by atoms with Crippen molar-refractivity contribution in [3.8, 4) is 0 Å². The second-order valence-corrected chi connectivity index (χ2v) is 19.5. The molecule has 0 rings (SSSR count). The molecule has 5 nitrogen and oxygen atoms in total. The minimum atomic E-state index is -1.16. The molecule has 4 N–H and O–H groups in total. The van der Waals surface area contributed by atoms with Gasteiger partial charge in [-0.3, -0.25) is 4.79 Å². The maximum Gasteiger partial charge on any atom is 0.220 e. The van der Waals surface area contributed by atoms with Crippen LogP contribution in [0, 0.1) is 0 Å². The van der Waals surface area contributed by atoms with Crippen LogP contribution in [0.2, 0.25) is 0 Å². The number of aliphatic hydroxyl groups excluding tert-OH is 3. The molecule has 1 amide bonds. The van der Waals surface area contributed by atoms with Crippen LogP contribution in [0.25, 0.3) is 0 Å². The number of carbonyl (C=O) groups is 1. The Balaban J connectivity index is 3.40. The second kappa shape index (κ2) is 52.5. The summed E-state index contributed by atoms with van der Waals surface area (Å²) in [6.07, 6.45) is 66.6. The molecule has 0 aromatic heterocycles. The third-order valence-electron chi connectivity index (χ3n) is 13.3. The Morgan fingerprint density at radius 1 is 0.387 bits per heavy atom. The van der Waals surface area contributed by atoms with Gasteiger partial charge in [0.05, 0.1) is 18.8 Å². The van der Waals surface area contributed by atoms with Crippen molar-refractivity contribution >= 4 is 5.91 Å². The van der Waals surface area contributed by atoms with E-state index in [4.69, 9.17) is 0 Å². The number of carbonyl (C=O) groups excluding carboxylic acids is 1. The molecule has 0 radical (unpaired) electrons. The van der Waals surface area contributed by atoms with Crippen LogP contribution >= 0.6 is 0 Å². The highest BCUT2D eigenvalue weighted by Crippen LogP contribution is 2.18. The van der Waals surface area contributed by atoms with E-state index in [0.29, 0.717) is 12.8 Å². The maximum atomic E-state index is 12.5. The summed E-state index contributed by atoms with van der Waals surface area (Å²) < 4.78 is 0. The summed E-state index contributed by atoms with van der Waals surface area (Å²) in [6.45, 7) is 4.13. The second-order valence-electron chi connectivity index (χ2n) is 19.5. The Bertz CT molecular complexity index is 920. The van der Waals surface area contributed by atoms with E-state index in [1.807, 2.05) is 0 Å². The fraction of sp³-hybridized carbons (Fsp3) is 0.912. The highest BCUT2D eigenvalue weighted by Gasteiger charge is 2.26. The van der Waals surface area contributed by atoms with Crippen molar-refractivity contribution in [1.82, 2.24) is 5.32 Å². The first kappa shape index (κ1) is 60.8. The van der Waals surface area contributed by atoms with Gasteiger partial charge < -0.3 is 20.6 Å². The van der Waals surface area contributed by atoms with Gasteiger partial charge in [0.1, 0.15) is 6.10 Å². The molecular weight excluding hydrogens is 763 g/mol. The fourth-order valence-corrected chi connectivity index (χ4v) is 8.93. The summed E-state index contributed by atoms with van der Waals surface area (Å²) in [7, 11) is 0. The predicted octanol–water partition coefficient (Wildman–Crippen LogP) is 17.3. The molecule has 0 fully saturated rings. The minimum Gasteiger partial charge on any atom is -0.394 e. The van der Waals surface area contributed by atoms with E-state index < -0.39 is 18.2 Å². The number of rotatable bonds is 52. The SMILES string of the molecule is CCCC/C=C/CC/C=C/CCCC(O)C(O)C(CO)NC(=O)CCCCCCCCCCCCCCCCCCCCCCCCCCCCCCCCCCCCCCC. The van der Waals surface area contributed by atoms with E-state index in [9.17, 15) is 20.1 Å². The van der Waals surface area contributed by atoms with E-state index in [0.717, 1.165) is 51.4 Å². The van der Waals surface area contributed by atoms with Gasteiger partial charge in [-0.1, -0.05) is 282 Å². The quantitative estimate of drug-likeness (QED) is 0.0362. The smallest absolute Gasteiger partial charge is 0.220 e. The number of hydrogen-bond acceptors (Lipinski definition) is 4. The lowest BCUT2D eigenvalue weighted by molar-refractivity contribution is -0.124. The van der Waals surface area contributed by atoms with Crippen LogP contribution in [0.4, 0.5) is 0 Å². The first-order valence-electron chi connectivity index (χ1n) is 28.1. The van der Waals surface area contributed by atoms with E-state index in [-0.39, 0.29) is 12.5 Å². The molecule has 0 heterocycles. The van der Waals surface area contributed by atoms with Crippen molar-refractivity contribution in [2.24, 2.45) is 0 Å². The van der Waals surface area contributed by atoms with Crippen molar-refractivity contribution in [3.05, 3.63) is 24.3 Å². The van der Waals surface area contributed by atoms with Crippen LogP contribution in [-0.2, 0) is 4.79 Å². The zero-order valence-electron chi connectivity index (χ0n) is 42.0. The monoisotopic (exact) mass is 874 g/mol. The molecule has 0 aliphatic heterocycles. The molecule has 3 unspecified atom stereocenters. The maximum absolute atomic E-state index is 12.5. The number of nitrogens with one attached hydrogen (secondary N) is 1. The van der Waals surface area contributed by atoms with Gasteiger partial charge in [0.25, 0.3) is 0 Å². The molecule has 62 heavy (non-hydrogen) atoms. The molecule has 0 aromatic carbocycles. The summed E-state index contributed by atoms with van der Waals surface area (Å²) >= 11 is 0. The molecule has 0 aromatic rings. The van der Waals surface area contributed by atoms with E-state index in [1.165, 1.54) is 231 Å². The van der Waals surface area contributed by atoms with Crippen LogP contribution in [-0.4, -0.2) is 46.1 Å². The third kappa shape index (κ3) is 46.8. The highest BCUT2D eigenvalue weighted by molar-refractivity contribution is 5.76. The molecular formula is C57H111NO4. The van der Waals surface area contributed by atoms with Crippen LogP contribution in [0.3, 0.4) is 0 Å². The number of allylic oxidation sites excluding steroid dienone is 4. The van der Waals surface area contributed by atoms with Gasteiger partial charge in [-0.05, 0) is 44.9 Å². The molecule has 0 saturated heterocycles. The van der Waals surface area contributed by atoms with Crippen LogP contribution in [0.1, 0.15) is 309 Å². The zero-order chi connectivity index (χ0) is 45.1. The van der Waals surface area contributed by atoms with Gasteiger partial charge in [-0.2, -0.15) is 0 Å². The topological polar surface area (TPSA) is 89.8 Å². The van der Waals surface area contributed by atoms with Gasteiger partial charge >= 0.3 is 0 Å². The molecule has 368 valence electrons. The molecule has 0 bridgehead atoms. The average Bonchev–Trinajstić information content (AvgIpc) is 3.28. The Morgan fingerprint density at radius 2 is 0.661 bits per heavy atom. The van der Waals surface area contributed by atoms with Crippen LogP contribution in [0.5, 0.6) is 0 Å². The number of aliphatic hydroxyl groups is 3. The van der Waals surface area contributed by atoms with Gasteiger partial charge in [0.15, 0.2) is 0 Å². The average molecular weight is 875 g/mol. The van der Waals surface area contributed by atoms with Crippen molar-refractivity contribution in [2.75, 3.05) is 6.61 Å². The highest BCUT2D eigenvalue weighted by atomic mass is 16.3. The molecule has 0 aliphatic rings. The largest absolute Gasteiger partial charge is 0.394 e. The number of amides is 1. The van der Waals surface area contributed by atoms with E-state index in [1.54, 1.807) is 0 Å². The Morgan fingerprint density at radius 3 is 0.968 bits per heavy atom. The van der Waals surface area contributed by atoms with Gasteiger partial charge in [-0.25, -0.2) is 0 Å². The normalized spacial score (nSPS) is 13.4. The Labute approximate surface area is 388 Å². The van der Waals surface area contributed by atoms with E-state index in [2.05, 4.69) is 43.5 Å². The van der Waals surface area contributed by atoms with Crippen molar-refractivity contribution in [3.63, 3.8) is 0 Å². The summed E-state index contributed by atoms with van der Waals surface area (Å²) in [5.74, 6) is -0.154. The molecule has 0 saturated carbocycles. The predicted molar refractivity (Wildman–Crippen MR) is 273 cm³/mol.